The SMILES string of the molecule is Cc1cc2nc3c(=O)[nH]c(=O)nc-3n(CCNC(=O)CCCCCCCCCCCNCc3ccccc3)c2cc1C. The summed E-state index contributed by atoms with van der Waals surface area (Å²) in [6, 6.07) is 14.4. The smallest absolute Gasteiger partial charge is 0.349 e. The third-order valence-corrected chi connectivity index (χ3v) is 7.81. The molecular formula is C33H44N6O3. The summed E-state index contributed by atoms with van der Waals surface area (Å²) in [5, 5.41) is 6.50. The van der Waals surface area contributed by atoms with Gasteiger partial charge in [-0.05, 0) is 62.1 Å². The number of fused-ring (bicyclic) bond motifs is 2. The van der Waals surface area contributed by atoms with Gasteiger partial charge in [0.15, 0.2) is 11.5 Å². The maximum absolute atomic E-state index is 12.5. The fourth-order valence-corrected chi connectivity index (χ4v) is 5.27. The second-order valence-corrected chi connectivity index (χ2v) is 11.2. The van der Waals surface area contributed by atoms with E-state index in [0.717, 1.165) is 49.0 Å². The van der Waals surface area contributed by atoms with Gasteiger partial charge in [-0.2, -0.15) is 4.98 Å². The standard InChI is InChI=1S/C33H44N6O3/c1-24-21-27-28(22-25(24)2)39(31-30(36-27)32(41)38-33(42)37-31)20-19-35-29(40)17-13-8-6-4-3-5-7-9-14-18-34-23-26-15-11-10-12-16-26/h10-12,15-16,21-22,34H,3-9,13-14,17-20,23H2,1-2H3,(H,35,40)(H,38,41,42). The van der Waals surface area contributed by atoms with Crippen LogP contribution in [0.5, 0.6) is 0 Å². The van der Waals surface area contributed by atoms with Crippen LogP contribution in [0.1, 0.15) is 80.9 Å². The van der Waals surface area contributed by atoms with Crippen LogP contribution in [0.25, 0.3) is 22.6 Å². The molecule has 0 radical (unpaired) electrons. The summed E-state index contributed by atoms with van der Waals surface area (Å²) in [7, 11) is 0. The summed E-state index contributed by atoms with van der Waals surface area (Å²) >= 11 is 0. The molecule has 0 aliphatic carbocycles. The quantitative estimate of drug-likeness (QED) is 0.121. The van der Waals surface area contributed by atoms with Crippen LogP contribution in [0.2, 0.25) is 0 Å². The number of benzene rings is 2. The van der Waals surface area contributed by atoms with E-state index in [-0.39, 0.29) is 17.4 Å². The number of hydrogen-bond acceptors (Lipinski definition) is 6. The van der Waals surface area contributed by atoms with Gasteiger partial charge in [-0.15, -0.1) is 0 Å². The molecule has 42 heavy (non-hydrogen) atoms. The van der Waals surface area contributed by atoms with Gasteiger partial charge in [0.1, 0.15) is 0 Å². The molecule has 9 heteroatoms. The molecule has 2 aliphatic rings. The molecule has 2 heterocycles. The van der Waals surface area contributed by atoms with Gasteiger partial charge in [0.25, 0.3) is 5.56 Å². The molecule has 2 aliphatic heterocycles. The number of carbonyl (C=O) groups is 1. The Morgan fingerprint density at radius 1 is 0.833 bits per heavy atom. The molecule has 0 unspecified atom stereocenters. The highest BCUT2D eigenvalue weighted by molar-refractivity contribution is 5.81. The number of H-pyrrole nitrogens is 1. The molecule has 0 spiro atoms. The number of carbonyl (C=O) groups excluding carboxylic acids is 1. The van der Waals surface area contributed by atoms with Gasteiger partial charge >= 0.3 is 5.69 Å². The summed E-state index contributed by atoms with van der Waals surface area (Å²) in [6.45, 7) is 6.75. The lowest BCUT2D eigenvalue weighted by Crippen LogP contribution is -2.31. The highest BCUT2D eigenvalue weighted by atomic mass is 16.2. The van der Waals surface area contributed by atoms with Crippen molar-refractivity contribution in [1.29, 1.82) is 0 Å². The van der Waals surface area contributed by atoms with E-state index >= 15 is 0 Å². The van der Waals surface area contributed by atoms with Crippen LogP contribution in [-0.4, -0.2) is 38.5 Å². The molecule has 1 amide bonds. The molecule has 0 bridgehead atoms. The Kier molecular flexibility index (Phi) is 11.8. The van der Waals surface area contributed by atoms with E-state index in [1.165, 1.54) is 44.1 Å². The molecule has 3 N–H and O–H groups in total. The normalized spacial score (nSPS) is 11.4. The fourth-order valence-electron chi connectivity index (χ4n) is 5.27. The summed E-state index contributed by atoms with van der Waals surface area (Å²) in [5.41, 5.74) is 3.74. The predicted molar refractivity (Wildman–Crippen MR) is 168 cm³/mol. The minimum absolute atomic E-state index is 0.0153. The first-order valence-electron chi connectivity index (χ1n) is 15.4. The van der Waals surface area contributed by atoms with Crippen molar-refractivity contribution in [2.24, 2.45) is 0 Å². The van der Waals surface area contributed by atoms with Gasteiger partial charge in [0, 0.05) is 26.1 Å². The van der Waals surface area contributed by atoms with Crippen LogP contribution in [0, 0.1) is 13.8 Å². The molecule has 0 saturated heterocycles. The summed E-state index contributed by atoms with van der Waals surface area (Å²) < 4.78 is 1.81. The lowest BCUT2D eigenvalue weighted by atomic mass is 10.1. The van der Waals surface area contributed by atoms with Crippen molar-refractivity contribution in [3.05, 3.63) is 80.0 Å². The second kappa shape index (κ2) is 16.0. The molecule has 9 nitrogen and oxygen atoms in total. The number of rotatable bonds is 17. The lowest BCUT2D eigenvalue weighted by molar-refractivity contribution is -0.121. The van der Waals surface area contributed by atoms with E-state index in [0.29, 0.717) is 25.0 Å². The van der Waals surface area contributed by atoms with Crippen molar-refractivity contribution < 1.29 is 4.79 Å². The molecule has 2 aromatic rings. The Labute approximate surface area is 247 Å². The zero-order valence-electron chi connectivity index (χ0n) is 25.0. The number of hydrogen-bond donors (Lipinski definition) is 3. The maximum atomic E-state index is 12.5. The Bertz CT molecular complexity index is 1530. The first-order chi connectivity index (χ1) is 20.4. The monoisotopic (exact) mass is 572 g/mol. The highest BCUT2D eigenvalue weighted by Crippen LogP contribution is 2.23. The highest BCUT2D eigenvalue weighted by Gasteiger charge is 2.19. The van der Waals surface area contributed by atoms with E-state index < -0.39 is 11.2 Å². The predicted octanol–water partition coefficient (Wildman–Crippen LogP) is 5.01. The topological polar surface area (TPSA) is 122 Å². The van der Waals surface area contributed by atoms with Crippen LogP contribution in [0.3, 0.4) is 0 Å². The Morgan fingerprint density at radius 3 is 2.24 bits per heavy atom. The first kappa shape index (κ1) is 31.1. The van der Waals surface area contributed by atoms with Crippen LogP contribution in [0.4, 0.5) is 0 Å². The number of aromatic nitrogens is 4. The fraction of sp³-hybridized carbons (Fsp3) is 0.485. The number of unbranched alkanes of at least 4 members (excludes halogenated alkanes) is 8. The van der Waals surface area contributed by atoms with Gasteiger partial charge in [-0.25, -0.2) is 9.78 Å². The summed E-state index contributed by atoms with van der Waals surface area (Å²) in [5.74, 6) is 0.245. The Morgan fingerprint density at radius 2 is 1.50 bits per heavy atom. The zero-order valence-corrected chi connectivity index (χ0v) is 25.0. The lowest BCUT2D eigenvalue weighted by Gasteiger charge is -2.18. The molecule has 0 fully saturated rings. The summed E-state index contributed by atoms with van der Waals surface area (Å²) in [6.07, 6.45) is 11.1. The van der Waals surface area contributed by atoms with Crippen molar-refractivity contribution in [1.82, 2.24) is 30.2 Å². The minimum atomic E-state index is -0.706. The largest absolute Gasteiger partial charge is 0.354 e. The molecule has 224 valence electrons. The van der Waals surface area contributed by atoms with Gasteiger partial charge in [0.05, 0.1) is 11.0 Å². The van der Waals surface area contributed by atoms with Crippen molar-refractivity contribution in [3.63, 3.8) is 0 Å². The van der Waals surface area contributed by atoms with Crippen molar-refractivity contribution in [3.8, 4) is 11.5 Å². The van der Waals surface area contributed by atoms with Gasteiger partial charge in [-0.1, -0.05) is 75.3 Å². The average molecular weight is 573 g/mol. The van der Waals surface area contributed by atoms with E-state index in [9.17, 15) is 14.4 Å². The van der Waals surface area contributed by atoms with Crippen LogP contribution >= 0.6 is 0 Å². The van der Waals surface area contributed by atoms with Crippen molar-refractivity contribution >= 4 is 16.9 Å². The van der Waals surface area contributed by atoms with E-state index in [1.54, 1.807) is 0 Å². The van der Waals surface area contributed by atoms with E-state index in [2.05, 4.69) is 49.9 Å². The second-order valence-electron chi connectivity index (χ2n) is 11.2. The van der Waals surface area contributed by atoms with Gasteiger partial charge in [-0.3, -0.25) is 14.6 Å². The van der Waals surface area contributed by atoms with Gasteiger partial charge < -0.3 is 15.2 Å². The van der Waals surface area contributed by atoms with Crippen LogP contribution in [-0.2, 0) is 17.9 Å². The number of nitrogens with one attached hydrogen (secondary N) is 3. The van der Waals surface area contributed by atoms with Crippen molar-refractivity contribution in [2.45, 2.75) is 91.1 Å². The van der Waals surface area contributed by atoms with Crippen LogP contribution < -0.4 is 21.9 Å². The van der Waals surface area contributed by atoms with E-state index in [1.807, 2.05) is 36.6 Å². The molecule has 2 aromatic carbocycles. The minimum Gasteiger partial charge on any atom is -0.354 e. The van der Waals surface area contributed by atoms with E-state index in [4.69, 9.17) is 0 Å². The molecule has 0 atom stereocenters. The Hall–Kier alpha value is -3.85. The Balaban J connectivity index is 1.10. The number of amides is 1. The number of aromatic amines is 1. The first-order valence-corrected chi connectivity index (χ1v) is 15.4. The average Bonchev–Trinajstić information content (AvgIpc) is 2.97. The third kappa shape index (κ3) is 9.08. The zero-order chi connectivity index (χ0) is 29.7. The molecular weight excluding hydrogens is 528 g/mol. The number of nitrogens with zero attached hydrogens (tertiary/aromatic N) is 3. The van der Waals surface area contributed by atoms with Crippen LogP contribution in [0.15, 0.2) is 52.1 Å². The molecule has 4 rings (SSSR count). The third-order valence-electron chi connectivity index (χ3n) is 7.81. The van der Waals surface area contributed by atoms with Crippen molar-refractivity contribution in [2.75, 3.05) is 13.1 Å². The molecule has 0 aromatic heterocycles. The molecule has 0 saturated carbocycles. The van der Waals surface area contributed by atoms with Gasteiger partial charge in [0.2, 0.25) is 5.91 Å². The number of aryl methyl sites for hydroxylation is 2. The maximum Gasteiger partial charge on any atom is 0.349 e. The summed E-state index contributed by atoms with van der Waals surface area (Å²) in [4.78, 5) is 47.5.